The van der Waals surface area contributed by atoms with Crippen LogP contribution in [0.25, 0.3) is 11.3 Å². The van der Waals surface area contributed by atoms with Crippen molar-refractivity contribution in [2.45, 2.75) is 6.18 Å². The Labute approximate surface area is 157 Å². The molecule has 0 saturated heterocycles. The number of hydrogen-bond donors (Lipinski definition) is 0. The number of rotatable bonds is 3. The van der Waals surface area contributed by atoms with E-state index >= 15 is 0 Å². The van der Waals surface area contributed by atoms with Crippen molar-refractivity contribution in [3.63, 3.8) is 0 Å². The van der Waals surface area contributed by atoms with Crippen LogP contribution in [0.1, 0.15) is 16.7 Å². The molecule has 0 N–H and O–H groups in total. The largest absolute Gasteiger partial charge is 0.417 e. The van der Waals surface area contributed by atoms with E-state index in [-0.39, 0.29) is 11.1 Å². The lowest BCUT2D eigenvalue weighted by molar-refractivity contribution is -0.137. The highest BCUT2D eigenvalue weighted by atomic mass is 35.5. The Hall–Kier alpha value is -2.43. The first-order valence-electron chi connectivity index (χ1n) is 7.10. The molecule has 134 valence electrons. The van der Waals surface area contributed by atoms with E-state index in [2.05, 4.69) is 0 Å². The van der Waals surface area contributed by atoms with Gasteiger partial charge in [0, 0.05) is 10.6 Å². The van der Waals surface area contributed by atoms with Crippen LogP contribution in [0.15, 0.2) is 48.5 Å². The van der Waals surface area contributed by atoms with Crippen LogP contribution in [0, 0.1) is 11.3 Å². The summed E-state index contributed by atoms with van der Waals surface area (Å²) in [5.74, 6) is -0.456. The van der Waals surface area contributed by atoms with Gasteiger partial charge in [-0.2, -0.15) is 18.4 Å². The number of carbonyl (C=O) groups is 1. The van der Waals surface area contributed by atoms with E-state index in [0.717, 1.165) is 12.1 Å². The number of ether oxygens (including phenoxy) is 1. The summed E-state index contributed by atoms with van der Waals surface area (Å²) in [7, 11) is 0. The number of alkyl halides is 3. The van der Waals surface area contributed by atoms with Gasteiger partial charge in [0.15, 0.2) is 5.76 Å². The Morgan fingerprint density at radius 1 is 1.15 bits per heavy atom. The van der Waals surface area contributed by atoms with Gasteiger partial charge in [0.05, 0.1) is 5.56 Å². The van der Waals surface area contributed by atoms with Crippen LogP contribution >= 0.6 is 23.4 Å². The molecule has 0 aliphatic heterocycles. The number of halogens is 4. The van der Waals surface area contributed by atoms with E-state index in [1.165, 1.54) is 42.7 Å². The molecule has 0 amide bonds. The van der Waals surface area contributed by atoms with E-state index in [9.17, 15) is 23.2 Å². The molecule has 0 aliphatic carbocycles. The van der Waals surface area contributed by atoms with Gasteiger partial charge in [0.1, 0.15) is 11.6 Å². The Morgan fingerprint density at radius 3 is 2.31 bits per heavy atom. The third kappa shape index (κ3) is 4.59. The SMILES string of the molecule is CSC(=O)O/C(=C(/C#N)c1ccc(Cl)cc1)c1ccccc1C(F)(F)F. The zero-order valence-corrected chi connectivity index (χ0v) is 14.9. The van der Waals surface area contributed by atoms with Gasteiger partial charge in [0.25, 0.3) is 0 Å². The molecule has 0 atom stereocenters. The molecule has 0 aromatic heterocycles. The summed E-state index contributed by atoms with van der Waals surface area (Å²) < 4.78 is 45.3. The smallest absolute Gasteiger partial charge is 0.416 e. The Kier molecular flexibility index (Phi) is 6.35. The third-order valence-electron chi connectivity index (χ3n) is 3.30. The lowest BCUT2D eigenvalue weighted by Gasteiger charge is -2.16. The summed E-state index contributed by atoms with van der Waals surface area (Å²) in [6.45, 7) is 0. The van der Waals surface area contributed by atoms with Crippen molar-refractivity contribution in [3.8, 4) is 6.07 Å². The fourth-order valence-corrected chi connectivity index (χ4v) is 2.45. The van der Waals surface area contributed by atoms with Crippen LogP contribution in [-0.4, -0.2) is 11.6 Å². The summed E-state index contributed by atoms with van der Waals surface area (Å²) in [4.78, 5) is 11.8. The summed E-state index contributed by atoms with van der Waals surface area (Å²) in [6, 6.07) is 12.3. The van der Waals surface area contributed by atoms with Gasteiger partial charge < -0.3 is 4.74 Å². The van der Waals surface area contributed by atoms with Crippen molar-refractivity contribution in [1.82, 2.24) is 0 Å². The van der Waals surface area contributed by atoms with Crippen LogP contribution < -0.4 is 0 Å². The summed E-state index contributed by atoms with van der Waals surface area (Å²) in [6.07, 6.45) is -3.27. The first kappa shape index (κ1) is 19.9. The van der Waals surface area contributed by atoms with Crippen molar-refractivity contribution in [3.05, 3.63) is 70.2 Å². The second-order valence-electron chi connectivity index (χ2n) is 4.92. The van der Waals surface area contributed by atoms with E-state index in [1.54, 1.807) is 0 Å². The van der Waals surface area contributed by atoms with Gasteiger partial charge in [0.2, 0.25) is 0 Å². The van der Waals surface area contributed by atoms with Crippen molar-refractivity contribution < 1.29 is 22.7 Å². The topological polar surface area (TPSA) is 50.1 Å². The molecule has 0 spiro atoms. The fraction of sp³-hybridized carbons (Fsp3) is 0.111. The molecule has 0 fully saturated rings. The Balaban J connectivity index is 2.77. The van der Waals surface area contributed by atoms with E-state index in [1.807, 2.05) is 6.07 Å². The van der Waals surface area contributed by atoms with Crippen LogP contribution in [0.2, 0.25) is 5.02 Å². The maximum Gasteiger partial charge on any atom is 0.417 e. The maximum atomic E-state index is 13.4. The molecule has 2 aromatic carbocycles. The molecule has 2 aromatic rings. The second kappa shape index (κ2) is 8.30. The minimum absolute atomic E-state index is 0.208. The van der Waals surface area contributed by atoms with E-state index in [4.69, 9.17) is 16.3 Å². The molecular formula is C18H11ClF3NO2S. The van der Waals surface area contributed by atoms with Crippen LogP contribution in [0.5, 0.6) is 0 Å². The first-order chi connectivity index (χ1) is 12.3. The monoisotopic (exact) mass is 397 g/mol. The minimum atomic E-state index is -4.69. The number of thioether (sulfide) groups is 1. The Bertz CT molecular complexity index is 887. The number of allylic oxidation sites excluding steroid dienone is 1. The number of nitriles is 1. The number of carbonyl (C=O) groups excluding carboxylic acids is 1. The van der Waals surface area contributed by atoms with E-state index < -0.39 is 28.4 Å². The van der Waals surface area contributed by atoms with Crippen molar-refractivity contribution in [2.24, 2.45) is 0 Å². The van der Waals surface area contributed by atoms with Gasteiger partial charge in [-0.3, -0.25) is 0 Å². The quantitative estimate of drug-likeness (QED) is 0.266. The lowest BCUT2D eigenvalue weighted by Crippen LogP contribution is -2.11. The molecule has 8 heteroatoms. The van der Waals surface area contributed by atoms with Crippen LogP contribution in [-0.2, 0) is 10.9 Å². The number of hydrogen-bond acceptors (Lipinski definition) is 4. The van der Waals surface area contributed by atoms with Crippen LogP contribution in [0.4, 0.5) is 18.0 Å². The van der Waals surface area contributed by atoms with Gasteiger partial charge in [-0.05, 0) is 41.8 Å². The molecule has 0 bridgehead atoms. The first-order valence-corrected chi connectivity index (χ1v) is 8.71. The molecule has 0 heterocycles. The standard InChI is InChI=1S/C18H11ClF3NO2S/c1-26-17(24)25-16(13-4-2-3-5-15(13)18(20,21)22)14(10-23)11-6-8-12(19)9-7-11/h2-9H,1H3/b16-14-. The molecule has 0 unspecified atom stereocenters. The average molecular weight is 398 g/mol. The maximum absolute atomic E-state index is 13.4. The highest BCUT2D eigenvalue weighted by molar-refractivity contribution is 8.12. The number of nitrogens with zero attached hydrogens (tertiary/aromatic N) is 1. The molecular weight excluding hydrogens is 387 g/mol. The summed E-state index contributed by atoms with van der Waals surface area (Å²) in [5, 5.41) is 9.10. The zero-order chi connectivity index (χ0) is 19.3. The normalized spacial score (nSPS) is 12.2. The average Bonchev–Trinajstić information content (AvgIpc) is 2.62. The number of benzene rings is 2. The van der Waals surface area contributed by atoms with E-state index in [0.29, 0.717) is 16.8 Å². The molecule has 2 rings (SSSR count). The van der Waals surface area contributed by atoms with Crippen molar-refractivity contribution in [2.75, 3.05) is 6.26 Å². The summed E-state index contributed by atoms with van der Waals surface area (Å²) in [5.41, 5.74) is -1.34. The predicted molar refractivity (Wildman–Crippen MR) is 95.3 cm³/mol. The Morgan fingerprint density at radius 2 is 1.77 bits per heavy atom. The van der Waals surface area contributed by atoms with Crippen molar-refractivity contribution in [1.29, 1.82) is 5.26 Å². The van der Waals surface area contributed by atoms with Gasteiger partial charge in [-0.15, -0.1) is 0 Å². The minimum Gasteiger partial charge on any atom is -0.416 e. The fourth-order valence-electron chi connectivity index (χ4n) is 2.16. The summed E-state index contributed by atoms with van der Waals surface area (Å²) >= 11 is 6.49. The van der Waals surface area contributed by atoms with Gasteiger partial charge >= 0.3 is 11.5 Å². The van der Waals surface area contributed by atoms with Crippen molar-refractivity contribution >= 4 is 40.0 Å². The molecule has 0 aliphatic rings. The highest BCUT2D eigenvalue weighted by Gasteiger charge is 2.35. The molecule has 3 nitrogen and oxygen atoms in total. The molecule has 0 saturated carbocycles. The van der Waals surface area contributed by atoms with Gasteiger partial charge in [-0.1, -0.05) is 41.9 Å². The zero-order valence-electron chi connectivity index (χ0n) is 13.3. The highest BCUT2D eigenvalue weighted by Crippen LogP contribution is 2.38. The lowest BCUT2D eigenvalue weighted by atomic mass is 9.98. The second-order valence-corrected chi connectivity index (χ2v) is 6.10. The molecule has 26 heavy (non-hydrogen) atoms. The van der Waals surface area contributed by atoms with Crippen LogP contribution in [0.3, 0.4) is 0 Å². The predicted octanol–water partition coefficient (Wildman–Crippen LogP) is 6.25. The van der Waals surface area contributed by atoms with Gasteiger partial charge in [-0.25, -0.2) is 4.79 Å². The molecule has 0 radical (unpaired) electrons. The third-order valence-corrected chi connectivity index (χ3v) is 3.97.